The number of aliphatic hydroxyl groups is 1. The molecule has 0 aliphatic carbocycles. The first-order valence-electron chi connectivity index (χ1n) is 7.28. The molecule has 2 amide bonds. The fourth-order valence-electron chi connectivity index (χ4n) is 2.14. The third kappa shape index (κ3) is 4.61. The molecule has 0 spiro atoms. The lowest BCUT2D eigenvalue weighted by atomic mass is 10.0. The Bertz CT molecular complexity index is 618. The van der Waals surface area contributed by atoms with E-state index in [0.29, 0.717) is 11.5 Å². The minimum absolute atomic E-state index is 0.00321. The second kappa shape index (κ2) is 7.34. The molecular weight excluding hydrogens is 300 g/mol. The molecule has 2 aromatic rings. The number of urea groups is 1. The van der Waals surface area contributed by atoms with Crippen LogP contribution >= 0.6 is 0 Å². The Hall–Kier alpha value is -2.25. The molecule has 0 aliphatic rings. The highest BCUT2D eigenvalue weighted by atomic mass is 16.5. The Balaban J connectivity index is 1.92. The van der Waals surface area contributed by atoms with Gasteiger partial charge in [-0.15, -0.1) is 0 Å². The molecule has 23 heavy (non-hydrogen) atoms. The molecule has 2 unspecified atom stereocenters. The zero-order valence-corrected chi connectivity index (χ0v) is 13.5. The standard InChI is InChI=1S/C16H22N2O5/c1-11-6-7-13(23-11)12(9-21-3)18-15(19)17-10-16(2,20)14-5-4-8-22-14/h4-8,12,20H,9-10H2,1-3H3,(H2,17,18,19). The first-order chi connectivity index (χ1) is 10.9. The van der Waals surface area contributed by atoms with Gasteiger partial charge >= 0.3 is 6.03 Å². The van der Waals surface area contributed by atoms with Crippen LogP contribution in [0.1, 0.15) is 30.2 Å². The van der Waals surface area contributed by atoms with E-state index in [1.165, 1.54) is 6.26 Å². The molecule has 0 aliphatic heterocycles. The number of furan rings is 2. The van der Waals surface area contributed by atoms with Crippen LogP contribution in [0.5, 0.6) is 0 Å². The number of rotatable bonds is 7. The highest BCUT2D eigenvalue weighted by molar-refractivity contribution is 5.74. The predicted octanol–water partition coefficient (Wildman–Crippen LogP) is 2.08. The summed E-state index contributed by atoms with van der Waals surface area (Å²) in [6.07, 6.45) is 1.47. The fraction of sp³-hybridized carbons (Fsp3) is 0.438. The first-order valence-corrected chi connectivity index (χ1v) is 7.28. The van der Waals surface area contributed by atoms with Gasteiger partial charge in [0.15, 0.2) is 0 Å². The SMILES string of the molecule is COCC(NC(=O)NCC(C)(O)c1ccco1)c1ccc(C)o1. The van der Waals surface area contributed by atoms with Crippen molar-refractivity contribution in [2.24, 2.45) is 0 Å². The summed E-state index contributed by atoms with van der Waals surface area (Å²) in [6, 6.07) is 6.09. The van der Waals surface area contributed by atoms with Crippen molar-refractivity contribution in [1.82, 2.24) is 10.6 Å². The smallest absolute Gasteiger partial charge is 0.315 e. The van der Waals surface area contributed by atoms with Crippen LogP contribution in [0.25, 0.3) is 0 Å². The molecule has 0 aromatic carbocycles. The summed E-state index contributed by atoms with van der Waals surface area (Å²) in [5.41, 5.74) is -1.29. The van der Waals surface area contributed by atoms with Crippen molar-refractivity contribution in [2.45, 2.75) is 25.5 Å². The summed E-state index contributed by atoms with van der Waals surface area (Å²) < 4.78 is 15.8. The number of nitrogens with one attached hydrogen (secondary N) is 2. The molecule has 0 fully saturated rings. The minimum Gasteiger partial charge on any atom is -0.466 e. The Kier molecular flexibility index (Phi) is 5.46. The molecular formula is C16H22N2O5. The van der Waals surface area contributed by atoms with E-state index in [1.54, 1.807) is 32.2 Å². The van der Waals surface area contributed by atoms with Gasteiger partial charge < -0.3 is 29.3 Å². The molecule has 0 saturated carbocycles. The van der Waals surface area contributed by atoms with E-state index >= 15 is 0 Å². The van der Waals surface area contributed by atoms with Crippen molar-refractivity contribution in [3.8, 4) is 0 Å². The van der Waals surface area contributed by atoms with Gasteiger partial charge in [0, 0.05) is 7.11 Å². The second-order valence-electron chi connectivity index (χ2n) is 5.53. The van der Waals surface area contributed by atoms with Gasteiger partial charge in [-0.3, -0.25) is 0 Å². The normalized spacial score (nSPS) is 15.0. The number of aryl methyl sites for hydroxylation is 1. The van der Waals surface area contributed by atoms with Gasteiger partial charge in [0.05, 0.1) is 19.4 Å². The summed E-state index contributed by atoms with van der Waals surface area (Å²) >= 11 is 0. The molecule has 0 saturated heterocycles. The van der Waals surface area contributed by atoms with Gasteiger partial charge in [-0.2, -0.15) is 0 Å². The van der Waals surface area contributed by atoms with E-state index in [-0.39, 0.29) is 13.2 Å². The number of amides is 2. The maximum Gasteiger partial charge on any atom is 0.315 e. The minimum atomic E-state index is -1.29. The van der Waals surface area contributed by atoms with Crippen LogP contribution in [0.2, 0.25) is 0 Å². The Morgan fingerprint density at radius 2 is 2.22 bits per heavy atom. The highest BCUT2D eigenvalue weighted by Gasteiger charge is 2.27. The number of methoxy groups -OCH3 is 1. The van der Waals surface area contributed by atoms with E-state index in [1.807, 2.05) is 13.0 Å². The molecule has 0 radical (unpaired) electrons. The summed E-state index contributed by atoms with van der Waals surface area (Å²) in [5, 5.41) is 15.7. The van der Waals surface area contributed by atoms with Crippen molar-refractivity contribution in [3.63, 3.8) is 0 Å². The van der Waals surface area contributed by atoms with E-state index < -0.39 is 17.7 Å². The summed E-state index contributed by atoms with van der Waals surface area (Å²) in [6.45, 7) is 3.67. The van der Waals surface area contributed by atoms with Gasteiger partial charge in [0.25, 0.3) is 0 Å². The highest BCUT2D eigenvalue weighted by Crippen LogP contribution is 2.20. The number of hydrogen-bond acceptors (Lipinski definition) is 5. The van der Waals surface area contributed by atoms with Crippen LogP contribution in [0.3, 0.4) is 0 Å². The zero-order valence-electron chi connectivity index (χ0n) is 13.5. The van der Waals surface area contributed by atoms with E-state index in [4.69, 9.17) is 13.6 Å². The largest absolute Gasteiger partial charge is 0.466 e. The van der Waals surface area contributed by atoms with E-state index in [9.17, 15) is 9.90 Å². The molecule has 2 heterocycles. The maximum atomic E-state index is 12.1. The topological polar surface area (TPSA) is 96.9 Å². The molecule has 126 valence electrons. The van der Waals surface area contributed by atoms with Crippen LogP contribution in [0, 0.1) is 6.92 Å². The maximum absolute atomic E-state index is 12.1. The monoisotopic (exact) mass is 322 g/mol. The van der Waals surface area contributed by atoms with E-state index in [0.717, 1.165) is 5.76 Å². The lowest BCUT2D eigenvalue weighted by molar-refractivity contribution is 0.0365. The summed E-state index contributed by atoms with van der Waals surface area (Å²) in [5.74, 6) is 1.74. The summed E-state index contributed by atoms with van der Waals surface area (Å²) in [4.78, 5) is 12.1. The van der Waals surface area contributed by atoms with E-state index in [2.05, 4.69) is 10.6 Å². The van der Waals surface area contributed by atoms with Crippen LogP contribution in [0.4, 0.5) is 4.79 Å². The third-order valence-corrected chi connectivity index (χ3v) is 3.39. The van der Waals surface area contributed by atoms with Gasteiger partial charge in [0.2, 0.25) is 0 Å². The molecule has 2 aromatic heterocycles. The number of hydrogen-bond donors (Lipinski definition) is 3. The van der Waals surface area contributed by atoms with Crippen LogP contribution in [-0.4, -0.2) is 31.4 Å². The average molecular weight is 322 g/mol. The van der Waals surface area contributed by atoms with Crippen molar-refractivity contribution >= 4 is 6.03 Å². The molecule has 0 bridgehead atoms. The number of carbonyl (C=O) groups excluding carboxylic acids is 1. The molecule has 7 heteroatoms. The lowest BCUT2D eigenvalue weighted by Gasteiger charge is -2.22. The Morgan fingerprint density at radius 1 is 1.43 bits per heavy atom. The quantitative estimate of drug-likeness (QED) is 0.725. The van der Waals surface area contributed by atoms with Gasteiger partial charge in [-0.25, -0.2) is 4.79 Å². The van der Waals surface area contributed by atoms with Crippen LogP contribution < -0.4 is 10.6 Å². The summed E-state index contributed by atoms with van der Waals surface area (Å²) in [7, 11) is 1.55. The molecule has 3 N–H and O–H groups in total. The average Bonchev–Trinajstić information content (AvgIpc) is 3.16. The molecule has 2 rings (SSSR count). The molecule has 2 atom stereocenters. The number of ether oxygens (including phenoxy) is 1. The lowest BCUT2D eigenvalue weighted by Crippen LogP contribution is -2.45. The van der Waals surface area contributed by atoms with Crippen LogP contribution in [0.15, 0.2) is 39.4 Å². The van der Waals surface area contributed by atoms with Crippen molar-refractivity contribution in [2.75, 3.05) is 20.3 Å². The third-order valence-electron chi connectivity index (χ3n) is 3.39. The first kappa shape index (κ1) is 17.1. The van der Waals surface area contributed by atoms with Gasteiger partial charge in [-0.05, 0) is 38.1 Å². The Morgan fingerprint density at radius 3 is 2.78 bits per heavy atom. The predicted molar refractivity (Wildman–Crippen MR) is 82.9 cm³/mol. The van der Waals surface area contributed by atoms with Crippen molar-refractivity contribution < 1.29 is 23.5 Å². The Labute approximate surface area is 134 Å². The second-order valence-corrected chi connectivity index (χ2v) is 5.53. The zero-order chi connectivity index (χ0) is 16.9. The van der Waals surface area contributed by atoms with Crippen molar-refractivity contribution in [1.29, 1.82) is 0 Å². The van der Waals surface area contributed by atoms with Gasteiger partial charge in [-0.1, -0.05) is 0 Å². The van der Waals surface area contributed by atoms with Gasteiger partial charge in [0.1, 0.15) is 28.9 Å². The fourth-order valence-corrected chi connectivity index (χ4v) is 2.14. The van der Waals surface area contributed by atoms with Crippen LogP contribution in [-0.2, 0) is 10.3 Å². The van der Waals surface area contributed by atoms with Crippen molar-refractivity contribution in [3.05, 3.63) is 47.8 Å². The number of carbonyl (C=O) groups is 1. The molecule has 7 nitrogen and oxygen atoms in total.